The molecule has 0 saturated heterocycles. The Balaban J connectivity index is 2.40. The molecule has 3 heteroatoms. The third-order valence-corrected chi connectivity index (χ3v) is 2.01. The highest BCUT2D eigenvalue weighted by molar-refractivity contribution is 5.55. The van der Waals surface area contributed by atoms with E-state index < -0.39 is 0 Å². The number of likely N-dealkylation sites (N-methyl/N-ethyl adjacent to an activating group) is 1. The lowest BCUT2D eigenvalue weighted by atomic mass is 10.2. The normalized spacial score (nSPS) is 21.5. The van der Waals surface area contributed by atoms with Crippen LogP contribution in [0.5, 0.6) is 5.88 Å². The molecule has 3 nitrogen and oxygen atoms in total. The molecular weight excluding hydrogens is 152 g/mol. The topological polar surface area (TPSA) is 25.4 Å². The van der Waals surface area contributed by atoms with E-state index in [1.807, 2.05) is 19.1 Å². The van der Waals surface area contributed by atoms with E-state index in [0.29, 0.717) is 0 Å². The molecular formula is C9H12N2O. The van der Waals surface area contributed by atoms with Gasteiger partial charge in [0.1, 0.15) is 6.10 Å². The third kappa shape index (κ3) is 1.11. The number of anilines is 1. The first kappa shape index (κ1) is 7.40. The van der Waals surface area contributed by atoms with Crippen molar-refractivity contribution in [3.05, 3.63) is 18.3 Å². The summed E-state index contributed by atoms with van der Waals surface area (Å²) in [6.45, 7) is 2.98. The Hall–Kier alpha value is -1.25. The highest BCUT2D eigenvalue weighted by Crippen LogP contribution is 2.28. The summed E-state index contributed by atoms with van der Waals surface area (Å²) < 4.78 is 5.55. The number of fused-ring (bicyclic) bond motifs is 1. The Bertz CT molecular complexity index is 288. The average molecular weight is 164 g/mol. The van der Waals surface area contributed by atoms with Gasteiger partial charge in [-0.1, -0.05) is 0 Å². The molecule has 1 atom stereocenters. The Labute approximate surface area is 72.0 Å². The lowest BCUT2D eigenvalue weighted by molar-refractivity contribution is 0.206. The lowest BCUT2D eigenvalue weighted by Crippen LogP contribution is -2.35. The molecule has 0 spiro atoms. The van der Waals surface area contributed by atoms with Crippen LogP contribution in [0.25, 0.3) is 0 Å². The molecule has 0 amide bonds. The van der Waals surface area contributed by atoms with E-state index in [1.54, 1.807) is 6.20 Å². The van der Waals surface area contributed by atoms with Gasteiger partial charge in [0, 0.05) is 13.2 Å². The van der Waals surface area contributed by atoms with Crippen LogP contribution in [-0.4, -0.2) is 24.7 Å². The van der Waals surface area contributed by atoms with Crippen molar-refractivity contribution in [2.24, 2.45) is 0 Å². The van der Waals surface area contributed by atoms with E-state index in [0.717, 1.165) is 18.1 Å². The predicted octanol–water partition coefficient (Wildman–Crippen LogP) is 1.30. The zero-order chi connectivity index (χ0) is 8.55. The molecule has 0 bridgehead atoms. The highest BCUT2D eigenvalue weighted by atomic mass is 16.5. The van der Waals surface area contributed by atoms with Gasteiger partial charge in [0.05, 0.1) is 12.2 Å². The molecule has 64 valence electrons. The van der Waals surface area contributed by atoms with Crippen LogP contribution in [0.1, 0.15) is 6.92 Å². The Morgan fingerprint density at radius 1 is 1.67 bits per heavy atom. The summed E-state index contributed by atoms with van der Waals surface area (Å²) in [6, 6.07) is 3.95. The van der Waals surface area contributed by atoms with E-state index in [4.69, 9.17) is 4.74 Å². The maximum absolute atomic E-state index is 5.55. The molecule has 0 radical (unpaired) electrons. The molecule has 0 N–H and O–H groups in total. The van der Waals surface area contributed by atoms with Gasteiger partial charge >= 0.3 is 0 Å². The van der Waals surface area contributed by atoms with Crippen LogP contribution in [0.2, 0.25) is 0 Å². The van der Waals surface area contributed by atoms with Gasteiger partial charge in [0.2, 0.25) is 5.88 Å². The third-order valence-electron chi connectivity index (χ3n) is 2.01. The van der Waals surface area contributed by atoms with Crippen LogP contribution in [0.4, 0.5) is 5.69 Å². The van der Waals surface area contributed by atoms with E-state index in [9.17, 15) is 0 Å². The van der Waals surface area contributed by atoms with E-state index in [2.05, 4.69) is 16.9 Å². The van der Waals surface area contributed by atoms with Crippen molar-refractivity contribution in [1.29, 1.82) is 0 Å². The van der Waals surface area contributed by atoms with Gasteiger partial charge in [0.25, 0.3) is 0 Å². The Morgan fingerprint density at radius 3 is 3.33 bits per heavy atom. The monoisotopic (exact) mass is 164 g/mol. The van der Waals surface area contributed by atoms with Gasteiger partial charge in [-0.3, -0.25) is 0 Å². The molecule has 0 fully saturated rings. The minimum Gasteiger partial charge on any atom is -0.471 e. The number of aromatic nitrogens is 1. The number of ether oxygens (including phenoxy) is 1. The number of nitrogens with zero attached hydrogens (tertiary/aromatic N) is 2. The summed E-state index contributed by atoms with van der Waals surface area (Å²) in [6.07, 6.45) is 1.99. The van der Waals surface area contributed by atoms with Gasteiger partial charge in [-0.15, -0.1) is 0 Å². The minimum atomic E-state index is 0.234. The quantitative estimate of drug-likeness (QED) is 0.578. The second-order valence-electron chi connectivity index (χ2n) is 3.14. The smallest absolute Gasteiger partial charge is 0.237 e. The molecule has 0 aliphatic carbocycles. The molecule has 0 aromatic carbocycles. The fourth-order valence-electron chi connectivity index (χ4n) is 1.48. The van der Waals surface area contributed by atoms with E-state index >= 15 is 0 Å². The summed E-state index contributed by atoms with van der Waals surface area (Å²) in [4.78, 5) is 6.32. The molecule has 2 rings (SSSR count). The fourth-order valence-corrected chi connectivity index (χ4v) is 1.48. The molecule has 1 aromatic rings. The van der Waals surface area contributed by atoms with Crippen molar-refractivity contribution in [2.45, 2.75) is 13.0 Å². The van der Waals surface area contributed by atoms with E-state index in [-0.39, 0.29) is 6.10 Å². The molecule has 2 heterocycles. The largest absolute Gasteiger partial charge is 0.471 e. The van der Waals surface area contributed by atoms with Gasteiger partial charge in [-0.25, -0.2) is 4.98 Å². The number of hydrogen-bond acceptors (Lipinski definition) is 3. The standard InChI is InChI=1S/C9H12N2O/c1-7-6-11(2)8-4-3-5-10-9(8)12-7/h3-5,7H,6H2,1-2H3. The lowest BCUT2D eigenvalue weighted by Gasteiger charge is -2.30. The van der Waals surface area contributed by atoms with Crippen LogP contribution in [0, 0.1) is 0 Å². The second-order valence-corrected chi connectivity index (χ2v) is 3.14. The number of pyridine rings is 1. The average Bonchev–Trinajstić information content (AvgIpc) is 2.04. The van der Waals surface area contributed by atoms with Gasteiger partial charge in [-0.2, -0.15) is 0 Å². The predicted molar refractivity (Wildman–Crippen MR) is 47.6 cm³/mol. The molecule has 1 aliphatic rings. The van der Waals surface area contributed by atoms with Crippen LogP contribution < -0.4 is 9.64 Å². The molecule has 12 heavy (non-hydrogen) atoms. The molecule has 1 aliphatic heterocycles. The van der Waals surface area contributed by atoms with Gasteiger partial charge in [0.15, 0.2) is 0 Å². The molecule has 1 aromatic heterocycles. The SMILES string of the molecule is CC1CN(C)c2cccnc2O1. The van der Waals surface area contributed by atoms with Crippen LogP contribution in [0.15, 0.2) is 18.3 Å². The maximum Gasteiger partial charge on any atom is 0.237 e. The summed E-state index contributed by atoms with van der Waals surface area (Å²) in [5.74, 6) is 0.749. The number of hydrogen-bond donors (Lipinski definition) is 0. The zero-order valence-electron chi connectivity index (χ0n) is 7.32. The van der Waals surface area contributed by atoms with Gasteiger partial charge in [-0.05, 0) is 19.1 Å². The fraction of sp³-hybridized carbons (Fsp3) is 0.444. The second kappa shape index (κ2) is 2.66. The highest BCUT2D eigenvalue weighted by Gasteiger charge is 2.20. The zero-order valence-corrected chi connectivity index (χ0v) is 7.32. The van der Waals surface area contributed by atoms with Crippen LogP contribution in [0.3, 0.4) is 0 Å². The molecule has 0 saturated carbocycles. The maximum atomic E-state index is 5.55. The minimum absolute atomic E-state index is 0.234. The summed E-state index contributed by atoms with van der Waals surface area (Å²) in [7, 11) is 2.06. The van der Waals surface area contributed by atoms with Crippen molar-refractivity contribution in [3.63, 3.8) is 0 Å². The van der Waals surface area contributed by atoms with Crippen molar-refractivity contribution < 1.29 is 4.74 Å². The Kier molecular flexibility index (Phi) is 1.64. The first-order chi connectivity index (χ1) is 5.77. The van der Waals surface area contributed by atoms with E-state index in [1.165, 1.54) is 0 Å². The number of rotatable bonds is 0. The first-order valence-electron chi connectivity index (χ1n) is 4.10. The van der Waals surface area contributed by atoms with Gasteiger partial charge < -0.3 is 9.64 Å². The summed E-state index contributed by atoms with van der Waals surface area (Å²) in [5.41, 5.74) is 1.08. The molecule has 1 unspecified atom stereocenters. The van der Waals surface area contributed by atoms with Crippen molar-refractivity contribution in [2.75, 3.05) is 18.5 Å². The van der Waals surface area contributed by atoms with Crippen LogP contribution in [-0.2, 0) is 0 Å². The summed E-state index contributed by atoms with van der Waals surface area (Å²) in [5, 5.41) is 0. The first-order valence-corrected chi connectivity index (χ1v) is 4.10. The van der Waals surface area contributed by atoms with Crippen molar-refractivity contribution in [1.82, 2.24) is 4.98 Å². The Morgan fingerprint density at radius 2 is 2.50 bits per heavy atom. The van der Waals surface area contributed by atoms with Crippen molar-refractivity contribution >= 4 is 5.69 Å². The van der Waals surface area contributed by atoms with Crippen molar-refractivity contribution in [3.8, 4) is 5.88 Å². The summed E-state index contributed by atoms with van der Waals surface area (Å²) >= 11 is 0. The van der Waals surface area contributed by atoms with Crippen LogP contribution >= 0.6 is 0 Å².